The van der Waals surface area contributed by atoms with Gasteiger partial charge in [0.1, 0.15) is 0 Å². The molecule has 3 rings (SSSR count). The van der Waals surface area contributed by atoms with Crippen molar-refractivity contribution < 1.29 is 13.5 Å². The van der Waals surface area contributed by atoms with Gasteiger partial charge in [0.2, 0.25) is 15.0 Å². The molecule has 1 N–H and O–H groups in total. The fourth-order valence-electron chi connectivity index (χ4n) is 4.16. The first kappa shape index (κ1) is 22.0. The average Bonchev–Trinajstić information content (AvgIpc) is 3.15. The maximum Gasteiger partial charge on any atom is 0.227 e. The maximum atomic E-state index is 12.6. The van der Waals surface area contributed by atoms with E-state index < -0.39 is 9.84 Å². The summed E-state index contributed by atoms with van der Waals surface area (Å²) in [5.41, 5.74) is 2.16. The number of sulfone groups is 1. The van der Waals surface area contributed by atoms with Crippen LogP contribution in [-0.4, -0.2) is 53.4 Å². The first-order valence-electron chi connectivity index (χ1n) is 10.7. The maximum absolute atomic E-state index is 12.6. The van der Waals surface area contributed by atoms with E-state index in [4.69, 9.17) is 5.11 Å². The molecule has 29 heavy (non-hydrogen) atoms. The van der Waals surface area contributed by atoms with Gasteiger partial charge in [-0.25, -0.2) is 13.4 Å². The number of nitrogens with zero attached hydrogens (tertiary/aromatic N) is 3. The Bertz CT molecular complexity index is 865. The molecule has 1 saturated heterocycles. The first-order chi connectivity index (χ1) is 14.0. The van der Waals surface area contributed by atoms with Crippen LogP contribution in [0.1, 0.15) is 43.9 Å². The molecule has 1 atom stereocenters. The summed E-state index contributed by atoms with van der Waals surface area (Å²) in [5.74, 6) is 0.664. The number of rotatable bonds is 10. The van der Waals surface area contributed by atoms with Crippen molar-refractivity contribution in [1.82, 2.24) is 14.5 Å². The lowest BCUT2D eigenvalue weighted by atomic mass is 9.93. The van der Waals surface area contributed by atoms with Crippen molar-refractivity contribution in [2.24, 2.45) is 5.92 Å². The van der Waals surface area contributed by atoms with Gasteiger partial charge in [-0.1, -0.05) is 37.3 Å². The lowest BCUT2D eigenvalue weighted by molar-refractivity contribution is 0.150. The van der Waals surface area contributed by atoms with Gasteiger partial charge in [-0.15, -0.1) is 0 Å². The monoisotopic (exact) mass is 419 g/mol. The second kappa shape index (κ2) is 10.4. The van der Waals surface area contributed by atoms with Crippen LogP contribution in [0.25, 0.3) is 0 Å². The predicted octanol–water partition coefficient (Wildman–Crippen LogP) is 2.90. The lowest BCUT2D eigenvalue weighted by Crippen LogP contribution is -2.35. The summed E-state index contributed by atoms with van der Waals surface area (Å²) in [5, 5.41) is 9.30. The predicted molar refractivity (Wildman–Crippen MR) is 114 cm³/mol. The summed E-state index contributed by atoms with van der Waals surface area (Å²) in [6.45, 7) is 5.27. The number of aliphatic hydroxyl groups is 1. The third kappa shape index (κ3) is 5.90. The van der Waals surface area contributed by atoms with Crippen LogP contribution in [-0.2, 0) is 29.3 Å². The molecule has 7 heteroatoms. The van der Waals surface area contributed by atoms with Crippen molar-refractivity contribution in [2.45, 2.75) is 57.3 Å². The molecule has 0 radical (unpaired) electrons. The minimum atomic E-state index is -3.37. The van der Waals surface area contributed by atoms with Gasteiger partial charge in [-0.3, -0.25) is 4.90 Å². The van der Waals surface area contributed by atoms with Gasteiger partial charge in [0.05, 0.1) is 17.6 Å². The van der Waals surface area contributed by atoms with Gasteiger partial charge < -0.3 is 9.67 Å². The highest BCUT2D eigenvalue weighted by molar-refractivity contribution is 7.91. The molecule has 0 saturated carbocycles. The van der Waals surface area contributed by atoms with E-state index in [1.807, 2.05) is 22.8 Å². The van der Waals surface area contributed by atoms with Crippen LogP contribution in [0.3, 0.4) is 0 Å². The number of likely N-dealkylation sites (tertiary alicyclic amines) is 1. The highest BCUT2D eigenvalue weighted by atomic mass is 32.2. The molecule has 1 aromatic heterocycles. The van der Waals surface area contributed by atoms with Crippen molar-refractivity contribution in [3.8, 4) is 0 Å². The SMILES string of the molecule is CCS(=O)(=O)c1ncc(CN2CCCC(CCCO)C2)n1CCc1ccccc1. The highest BCUT2D eigenvalue weighted by Crippen LogP contribution is 2.23. The van der Waals surface area contributed by atoms with Crippen LogP contribution >= 0.6 is 0 Å². The van der Waals surface area contributed by atoms with E-state index in [1.54, 1.807) is 13.1 Å². The van der Waals surface area contributed by atoms with E-state index >= 15 is 0 Å². The molecule has 2 heterocycles. The molecule has 0 bridgehead atoms. The molecule has 1 fully saturated rings. The number of hydrogen-bond acceptors (Lipinski definition) is 5. The number of benzene rings is 1. The van der Waals surface area contributed by atoms with Crippen molar-refractivity contribution in [1.29, 1.82) is 0 Å². The fraction of sp³-hybridized carbons (Fsp3) is 0.591. The molecule has 1 aliphatic heterocycles. The minimum Gasteiger partial charge on any atom is -0.396 e. The summed E-state index contributed by atoms with van der Waals surface area (Å²) >= 11 is 0. The van der Waals surface area contributed by atoms with Crippen LogP contribution in [0.5, 0.6) is 0 Å². The zero-order valence-corrected chi connectivity index (χ0v) is 18.1. The van der Waals surface area contributed by atoms with Crippen LogP contribution in [0.2, 0.25) is 0 Å². The molecule has 0 spiro atoms. The smallest absolute Gasteiger partial charge is 0.227 e. The standard InChI is InChI=1S/C22H33N3O3S/c1-2-29(27,28)22-23-16-21(25(22)14-12-19-8-4-3-5-9-19)18-24-13-6-10-20(17-24)11-7-15-26/h3-5,8-9,16,20,26H,2,6-7,10-15,17-18H2,1H3. The quantitative estimate of drug-likeness (QED) is 0.641. The first-order valence-corrected chi connectivity index (χ1v) is 12.3. The Kier molecular flexibility index (Phi) is 7.86. The van der Waals surface area contributed by atoms with Crippen LogP contribution in [0.15, 0.2) is 41.7 Å². The number of imidazole rings is 1. The largest absolute Gasteiger partial charge is 0.396 e. The summed E-state index contributed by atoms with van der Waals surface area (Å²) in [7, 11) is -3.37. The third-order valence-electron chi connectivity index (χ3n) is 5.79. The molecule has 0 amide bonds. The van der Waals surface area contributed by atoms with Crippen molar-refractivity contribution in [2.75, 3.05) is 25.4 Å². The molecule has 1 aromatic carbocycles. The number of piperidine rings is 1. The van der Waals surface area contributed by atoms with E-state index in [1.165, 1.54) is 12.0 Å². The summed E-state index contributed by atoms with van der Waals surface area (Å²) < 4.78 is 27.1. The van der Waals surface area contributed by atoms with Gasteiger partial charge in [0.15, 0.2) is 0 Å². The molecule has 6 nitrogen and oxygen atoms in total. The third-order valence-corrected chi connectivity index (χ3v) is 7.43. The zero-order chi connectivity index (χ0) is 20.7. The van der Waals surface area contributed by atoms with Crippen LogP contribution in [0, 0.1) is 5.92 Å². The van der Waals surface area contributed by atoms with Crippen LogP contribution in [0.4, 0.5) is 0 Å². The number of hydrogen-bond donors (Lipinski definition) is 1. The van der Waals surface area contributed by atoms with E-state index in [0.29, 0.717) is 12.5 Å². The van der Waals surface area contributed by atoms with Crippen molar-refractivity contribution >= 4 is 9.84 Å². The Morgan fingerprint density at radius 1 is 1.24 bits per heavy atom. The van der Waals surface area contributed by atoms with Crippen molar-refractivity contribution in [3.05, 3.63) is 47.8 Å². The second-order valence-electron chi connectivity index (χ2n) is 7.93. The Labute approximate surface area is 174 Å². The van der Waals surface area contributed by atoms with Gasteiger partial charge >= 0.3 is 0 Å². The van der Waals surface area contributed by atoms with E-state index in [9.17, 15) is 8.42 Å². The van der Waals surface area contributed by atoms with E-state index in [0.717, 1.165) is 51.0 Å². The molecule has 1 aliphatic rings. The molecular formula is C22H33N3O3S. The fourth-order valence-corrected chi connectivity index (χ4v) is 5.18. The van der Waals surface area contributed by atoms with E-state index in [-0.39, 0.29) is 17.5 Å². The van der Waals surface area contributed by atoms with E-state index in [2.05, 4.69) is 22.0 Å². The molecule has 0 aliphatic carbocycles. The Balaban J connectivity index is 1.77. The molecular weight excluding hydrogens is 386 g/mol. The highest BCUT2D eigenvalue weighted by Gasteiger charge is 2.25. The Morgan fingerprint density at radius 3 is 2.76 bits per heavy atom. The summed E-state index contributed by atoms with van der Waals surface area (Å²) in [6, 6.07) is 10.1. The summed E-state index contributed by atoms with van der Waals surface area (Å²) in [4.78, 5) is 6.73. The number of aliphatic hydroxyl groups excluding tert-OH is 1. The summed E-state index contributed by atoms with van der Waals surface area (Å²) in [6.07, 6.45) is 6.77. The number of aromatic nitrogens is 2. The normalized spacial score (nSPS) is 18.2. The van der Waals surface area contributed by atoms with Gasteiger partial charge in [-0.05, 0) is 50.1 Å². The van der Waals surface area contributed by atoms with Crippen LogP contribution < -0.4 is 0 Å². The molecule has 2 aromatic rings. The topological polar surface area (TPSA) is 75.4 Å². The molecule has 160 valence electrons. The lowest BCUT2D eigenvalue weighted by Gasteiger charge is -2.32. The van der Waals surface area contributed by atoms with Crippen molar-refractivity contribution in [3.63, 3.8) is 0 Å². The number of aryl methyl sites for hydroxylation is 1. The van der Waals surface area contributed by atoms with Gasteiger partial charge in [0.25, 0.3) is 0 Å². The van der Waals surface area contributed by atoms with Gasteiger partial charge in [0, 0.05) is 26.2 Å². The Hall–Kier alpha value is -1.70. The zero-order valence-electron chi connectivity index (χ0n) is 17.3. The van der Waals surface area contributed by atoms with Gasteiger partial charge in [-0.2, -0.15) is 0 Å². The molecule has 1 unspecified atom stereocenters. The minimum absolute atomic E-state index is 0.0573. The Morgan fingerprint density at radius 2 is 2.03 bits per heavy atom. The second-order valence-corrected chi connectivity index (χ2v) is 10.1. The average molecular weight is 420 g/mol.